The highest BCUT2D eigenvalue weighted by molar-refractivity contribution is 9.10. The monoisotopic (exact) mass is 248 g/mol. The lowest BCUT2D eigenvalue weighted by atomic mass is 10.3. The summed E-state index contributed by atoms with van der Waals surface area (Å²) in [6.45, 7) is 0.990. The van der Waals surface area contributed by atoms with E-state index in [9.17, 15) is 4.39 Å². The highest BCUT2D eigenvalue weighted by atomic mass is 79.9. The predicted octanol–water partition coefficient (Wildman–Crippen LogP) is 2.61. The van der Waals surface area contributed by atoms with Gasteiger partial charge in [-0.3, -0.25) is 0 Å². The van der Waals surface area contributed by atoms with E-state index in [1.807, 2.05) is 0 Å². The molecule has 0 saturated heterocycles. The third-order valence-corrected chi connectivity index (χ3v) is 2.05. The lowest BCUT2D eigenvalue weighted by molar-refractivity contribution is 0.146. The van der Waals surface area contributed by atoms with Gasteiger partial charge in [0.15, 0.2) is 0 Å². The van der Waals surface area contributed by atoms with Crippen LogP contribution in [0.5, 0.6) is 5.75 Å². The number of hydrogen-bond acceptors (Lipinski definition) is 2. The fraction of sp³-hybridized carbons (Fsp3) is 0.333. The first kappa shape index (κ1) is 10.5. The van der Waals surface area contributed by atoms with Gasteiger partial charge in [-0.05, 0) is 34.1 Å². The van der Waals surface area contributed by atoms with Crippen LogP contribution < -0.4 is 4.74 Å². The standard InChI is InChI=1S/C9H10BrFO2/c1-12-4-5-13-7-2-3-9(11)8(10)6-7/h2-3,6H,4-5H2,1H3. The molecule has 0 aromatic heterocycles. The van der Waals surface area contributed by atoms with Crippen molar-refractivity contribution in [2.24, 2.45) is 0 Å². The van der Waals surface area contributed by atoms with Crippen LogP contribution in [-0.2, 0) is 4.74 Å². The van der Waals surface area contributed by atoms with Crippen LogP contribution in [0.3, 0.4) is 0 Å². The van der Waals surface area contributed by atoms with Crippen molar-refractivity contribution >= 4 is 15.9 Å². The van der Waals surface area contributed by atoms with E-state index in [1.54, 1.807) is 19.2 Å². The molecule has 0 atom stereocenters. The average Bonchev–Trinajstić information content (AvgIpc) is 2.12. The van der Waals surface area contributed by atoms with Crippen LogP contribution >= 0.6 is 15.9 Å². The second kappa shape index (κ2) is 5.19. The van der Waals surface area contributed by atoms with E-state index in [-0.39, 0.29) is 5.82 Å². The maximum atomic E-state index is 12.8. The van der Waals surface area contributed by atoms with Crippen molar-refractivity contribution in [2.75, 3.05) is 20.3 Å². The quantitative estimate of drug-likeness (QED) is 0.763. The van der Waals surface area contributed by atoms with Crippen LogP contribution in [0, 0.1) is 5.82 Å². The maximum Gasteiger partial charge on any atom is 0.137 e. The number of hydrogen-bond donors (Lipinski definition) is 0. The van der Waals surface area contributed by atoms with Crippen LogP contribution in [0.2, 0.25) is 0 Å². The summed E-state index contributed by atoms with van der Waals surface area (Å²) in [7, 11) is 1.60. The van der Waals surface area contributed by atoms with Gasteiger partial charge in [-0.2, -0.15) is 0 Å². The number of halogens is 2. The smallest absolute Gasteiger partial charge is 0.137 e. The molecule has 0 aliphatic heterocycles. The molecule has 1 aromatic rings. The van der Waals surface area contributed by atoms with Crippen molar-refractivity contribution < 1.29 is 13.9 Å². The predicted molar refractivity (Wildman–Crippen MR) is 51.5 cm³/mol. The van der Waals surface area contributed by atoms with E-state index in [1.165, 1.54) is 6.07 Å². The fourth-order valence-corrected chi connectivity index (χ4v) is 1.17. The van der Waals surface area contributed by atoms with Gasteiger partial charge in [-0.25, -0.2) is 4.39 Å². The molecule has 1 aromatic carbocycles. The summed E-state index contributed by atoms with van der Waals surface area (Å²) in [6, 6.07) is 4.52. The van der Waals surface area contributed by atoms with Gasteiger partial charge in [0, 0.05) is 7.11 Å². The number of benzene rings is 1. The Morgan fingerprint density at radius 3 is 2.77 bits per heavy atom. The summed E-state index contributed by atoms with van der Waals surface area (Å²) in [5.74, 6) is 0.337. The zero-order valence-electron chi connectivity index (χ0n) is 7.22. The highest BCUT2D eigenvalue weighted by Crippen LogP contribution is 2.21. The second-order valence-corrected chi connectivity index (χ2v) is 3.27. The molecule has 13 heavy (non-hydrogen) atoms. The first-order chi connectivity index (χ1) is 6.24. The SMILES string of the molecule is COCCOc1ccc(F)c(Br)c1. The second-order valence-electron chi connectivity index (χ2n) is 2.42. The Hall–Kier alpha value is -0.610. The molecule has 0 bridgehead atoms. The molecular formula is C9H10BrFO2. The van der Waals surface area contributed by atoms with Gasteiger partial charge in [-0.15, -0.1) is 0 Å². The van der Waals surface area contributed by atoms with Crippen molar-refractivity contribution in [3.63, 3.8) is 0 Å². The van der Waals surface area contributed by atoms with Crippen molar-refractivity contribution in [3.05, 3.63) is 28.5 Å². The lowest BCUT2D eigenvalue weighted by Gasteiger charge is -2.05. The van der Waals surface area contributed by atoms with Crippen molar-refractivity contribution in [3.8, 4) is 5.75 Å². The Kier molecular flexibility index (Phi) is 4.18. The number of methoxy groups -OCH3 is 1. The third-order valence-electron chi connectivity index (χ3n) is 1.45. The molecule has 0 saturated carbocycles. The Balaban J connectivity index is 2.53. The van der Waals surface area contributed by atoms with Crippen molar-refractivity contribution in [1.82, 2.24) is 0 Å². The zero-order valence-corrected chi connectivity index (χ0v) is 8.80. The minimum atomic E-state index is -0.293. The summed E-state index contributed by atoms with van der Waals surface area (Å²) in [4.78, 5) is 0. The molecule has 0 heterocycles. The molecule has 2 nitrogen and oxygen atoms in total. The largest absolute Gasteiger partial charge is 0.491 e. The van der Waals surface area contributed by atoms with Gasteiger partial charge in [0.25, 0.3) is 0 Å². The summed E-state index contributed by atoms with van der Waals surface area (Å²) in [5, 5.41) is 0. The number of rotatable bonds is 4. The fourth-order valence-electron chi connectivity index (χ4n) is 0.809. The molecule has 4 heteroatoms. The molecule has 0 radical (unpaired) electrons. The molecular weight excluding hydrogens is 239 g/mol. The molecule has 0 unspecified atom stereocenters. The molecule has 72 valence electrons. The Bertz CT molecular complexity index is 278. The summed E-state index contributed by atoms with van der Waals surface area (Å²) < 4.78 is 23.2. The summed E-state index contributed by atoms with van der Waals surface area (Å²) in [5.41, 5.74) is 0. The Morgan fingerprint density at radius 1 is 1.38 bits per heavy atom. The minimum Gasteiger partial charge on any atom is -0.491 e. The summed E-state index contributed by atoms with van der Waals surface area (Å²) >= 11 is 3.07. The van der Waals surface area contributed by atoms with Crippen molar-refractivity contribution in [1.29, 1.82) is 0 Å². The molecule has 0 aliphatic carbocycles. The van der Waals surface area contributed by atoms with Crippen LogP contribution in [0.25, 0.3) is 0 Å². The first-order valence-corrected chi connectivity index (χ1v) is 4.60. The molecule has 0 fully saturated rings. The van der Waals surface area contributed by atoms with E-state index in [2.05, 4.69) is 15.9 Å². The normalized spacial score (nSPS) is 10.1. The van der Waals surface area contributed by atoms with Gasteiger partial charge in [0.1, 0.15) is 18.2 Å². The van der Waals surface area contributed by atoms with Gasteiger partial charge >= 0.3 is 0 Å². The molecule has 1 rings (SSSR count). The van der Waals surface area contributed by atoms with Crippen LogP contribution in [0.1, 0.15) is 0 Å². The van der Waals surface area contributed by atoms with E-state index >= 15 is 0 Å². The van der Waals surface area contributed by atoms with Crippen LogP contribution in [0.15, 0.2) is 22.7 Å². The molecule has 0 aliphatic rings. The van der Waals surface area contributed by atoms with E-state index < -0.39 is 0 Å². The van der Waals surface area contributed by atoms with Crippen LogP contribution in [-0.4, -0.2) is 20.3 Å². The topological polar surface area (TPSA) is 18.5 Å². The van der Waals surface area contributed by atoms with E-state index in [4.69, 9.17) is 9.47 Å². The minimum absolute atomic E-state index is 0.293. The van der Waals surface area contributed by atoms with E-state index in [0.717, 1.165) is 0 Å². The maximum absolute atomic E-state index is 12.8. The zero-order chi connectivity index (χ0) is 9.68. The molecule has 0 N–H and O–H groups in total. The first-order valence-electron chi connectivity index (χ1n) is 3.81. The Labute approximate surface area is 84.8 Å². The van der Waals surface area contributed by atoms with Crippen LogP contribution in [0.4, 0.5) is 4.39 Å². The van der Waals surface area contributed by atoms with Gasteiger partial charge in [0.2, 0.25) is 0 Å². The molecule has 0 amide bonds. The van der Waals surface area contributed by atoms with Gasteiger partial charge < -0.3 is 9.47 Å². The van der Waals surface area contributed by atoms with Gasteiger partial charge in [-0.1, -0.05) is 0 Å². The highest BCUT2D eigenvalue weighted by Gasteiger charge is 2.00. The number of ether oxygens (including phenoxy) is 2. The lowest BCUT2D eigenvalue weighted by Crippen LogP contribution is -2.04. The molecule has 0 spiro atoms. The average molecular weight is 249 g/mol. The Morgan fingerprint density at radius 2 is 2.15 bits per heavy atom. The third kappa shape index (κ3) is 3.32. The van der Waals surface area contributed by atoms with Gasteiger partial charge in [0.05, 0.1) is 11.1 Å². The summed E-state index contributed by atoms with van der Waals surface area (Å²) in [6.07, 6.45) is 0. The van der Waals surface area contributed by atoms with E-state index in [0.29, 0.717) is 23.4 Å². The van der Waals surface area contributed by atoms with Crippen molar-refractivity contribution in [2.45, 2.75) is 0 Å².